The second kappa shape index (κ2) is 5.28. The lowest BCUT2D eigenvalue weighted by molar-refractivity contribution is -0.122. The average molecular weight is 224 g/mol. The van der Waals surface area contributed by atoms with E-state index in [4.69, 9.17) is 0 Å². The Labute approximate surface area is 93.9 Å². The largest absolute Gasteiger partial charge is 0.352 e. The number of rotatable bonds is 4. The van der Waals surface area contributed by atoms with Crippen molar-refractivity contribution < 1.29 is 4.79 Å². The zero-order valence-corrected chi connectivity index (χ0v) is 9.48. The summed E-state index contributed by atoms with van der Waals surface area (Å²) in [5.41, 5.74) is 1.19. The van der Waals surface area contributed by atoms with E-state index in [0.29, 0.717) is 18.9 Å². The second-order valence-electron chi connectivity index (χ2n) is 3.97. The predicted molar refractivity (Wildman–Crippen MR) is 61.8 cm³/mol. The summed E-state index contributed by atoms with van der Waals surface area (Å²) in [4.78, 5) is 11.6. The number of hydrogen-bond acceptors (Lipinski definition) is 3. The molecular formula is C11H16N2OS. The van der Waals surface area contributed by atoms with Gasteiger partial charge in [0, 0.05) is 13.0 Å². The van der Waals surface area contributed by atoms with Crippen LogP contribution < -0.4 is 10.6 Å². The van der Waals surface area contributed by atoms with E-state index in [2.05, 4.69) is 16.0 Å². The molecule has 0 radical (unpaired) electrons. The average Bonchev–Trinajstić information content (AvgIpc) is 2.86. The van der Waals surface area contributed by atoms with Crippen LogP contribution in [0.15, 0.2) is 16.8 Å². The maximum Gasteiger partial charge on any atom is 0.220 e. The number of carbonyl (C=O) groups excluding carboxylic acids is 1. The molecule has 1 aliphatic heterocycles. The van der Waals surface area contributed by atoms with Crippen LogP contribution in [0.4, 0.5) is 0 Å². The summed E-state index contributed by atoms with van der Waals surface area (Å²) in [6.07, 6.45) is 1.79. The number of carbonyl (C=O) groups is 1. The van der Waals surface area contributed by atoms with Crippen LogP contribution >= 0.6 is 11.3 Å². The third-order valence-electron chi connectivity index (χ3n) is 2.71. The minimum absolute atomic E-state index is 0.176. The molecule has 1 fully saturated rings. The highest BCUT2D eigenvalue weighted by atomic mass is 32.1. The third-order valence-corrected chi connectivity index (χ3v) is 3.44. The predicted octanol–water partition coefficient (Wildman–Crippen LogP) is 1.36. The molecule has 2 rings (SSSR count). The monoisotopic (exact) mass is 224 g/mol. The first-order valence-corrected chi connectivity index (χ1v) is 6.27. The Morgan fingerprint density at radius 2 is 2.60 bits per heavy atom. The van der Waals surface area contributed by atoms with Crippen LogP contribution in [0, 0.1) is 5.92 Å². The Hall–Kier alpha value is -0.870. The number of amides is 1. The fourth-order valence-corrected chi connectivity index (χ4v) is 2.49. The first kappa shape index (κ1) is 10.6. The summed E-state index contributed by atoms with van der Waals surface area (Å²) >= 11 is 1.66. The van der Waals surface area contributed by atoms with Crippen LogP contribution in [0.5, 0.6) is 0 Å². The molecule has 0 aliphatic carbocycles. The molecule has 0 aromatic carbocycles. The van der Waals surface area contributed by atoms with Crippen LogP contribution in [-0.2, 0) is 11.3 Å². The van der Waals surface area contributed by atoms with E-state index >= 15 is 0 Å². The highest BCUT2D eigenvalue weighted by Crippen LogP contribution is 2.12. The molecule has 1 atom stereocenters. The van der Waals surface area contributed by atoms with E-state index in [9.17, 15) is 4.79 Å². The molecule has 1 aromatic rings. The highest BCUT2D eigenvalue weighted by molar-refractivity contribution is 7.07. The summed E-state index contributed by atoms with van der Waals surface area (Å²) in [6, 6.07) is 2.04. The van der Waals surface area contributed by atoms with E-state index in [1.165, 1.54) is 5.56 Å². The summed E-state index contributed by atoms with van der Waals surface area (Å²) < 4.78 is 0. The first-order valence-electron chi connectivity index (χ1n) is 5.33. The molecule has 15 heavy (non-hydrogen) atoms. The Kier molecular flexibility index (Phi) is 3.75. The van der Waals surface area contributed by atoms with Crippen LogP contribution in [0.25, 0.3) is 0 Å². The molecule has 0 saturated carbocycles. The van der Waals surface area contributed by atoms with Gasteiger partial charge >= 0.3 is 0 Å². The lowest BCUT2D eigenvalue weighted by atomic mass is 10.0. The van der Waals surface area contributed by atoms with Crippen LogP contribution in [-0.4, -0.2) is 19.0 Å². The SMILES string of the molecule is O=C(CC1CCNC1)NCc1ccsc1. The Morgan fingerprint density at radius 1 is 1.67 bits per heavy atom. The van der Waals surface area contributed by atoms with Gasteiger partial charge in [0.2, 0.25) is 5.91 Å². The van der Waals surface area contributed by atoms with Crippen molar-refractivity contribution in [2.75, 3.05) is 13.1 Å². The molecule has 0 spiro atoms. The quantitative estimate of drug-likeness (QED) is 0.811. The maximum atomic E-state index is 11.6. The molecule has 2 heterocycles. The molecule has 0 bridgehead atoms. The molecule has 1 aromatic heterocycles. The van der Waals surface area contributed by atoms with Gasteiger partial charge in [-0.2, -0.15) is 11.3 Å². The number of hydrogen-bond donors (Lipinski definition) is 2. The van der Waals surface area contributed by atoms with Gasteiger partial charge in [-0.25, -0.2) is 0 Å². The van der Waals surface area contributed by atoms with E-state index in [1.54, 1.807) is 11.3 Å². The molecule has 2 N–H and O–H groups in total. The van der Waals surface area contributed by atoms with Crippen molar-refractivity contribution in [3.8, 4) is 0 Å². The first-order chi connectivity index (χ1) is 7.34. The molecule has 1 unspecified atom stereocenters. The van der Waals surface area contributed by atoms with E-state index in [1.807, 2.05) is 11.4 Å². The lowest BCUT2D eigenvalue weighted by Gasteiger charge is -2.08. The van der Waals surface area contributed by atoms with E-state index < -0.39 is 0 Å². The van der Waals surface area contributed by atoms with E-state index in [-0.39, 0.29) is 5.91 Å². The lowest BCUT2D eigenvalue weighted by Crippen LogP contribution is -2.25. The van der Waals surface area contributed by atoms with Gasteiger partial charge in [0.25, 0.3) is 0 Å². The van der Waals surface area contributed by atoms with Gasteiger partial charge in [0.15, 0.2) is 0 Å². The van der Waals surface area contributed by atoms with Gasteiger partial charge in [-0.1, -0.05) is 0 Å². The van der Waals surface area contributed by atoms with E-state index in [0.717, 1.165) is 19.5 Å². The van der Waals surface area contributed by atoms with Gasteiger partial charge < -0.3 is 10.6 Å². The molecule has 3 nitrogen and oxygen atoms in total. The molecule has 82 valence electrons. The summed E-state index contributed by atoms with van der Waals surface area (Å²) in [6.45, 7) is 2.72. The Balaban J connectivity index is 1.68. The number of thiophene rings is 1. The third kappa shape index (κ3) is 3.32. The van der Waals surface area contributed by atoms with Gasteiger partial charge in [-0.05, 0) is 47.8 Å². The van der Waals surface area contributed by atoms with Crippen molar-refractivity contribution in [1.82, 2.24) is 10.6 Å². The fourth-order valence-electron chi connectivity index (χ4n) is 1.82. The topological polar surface area (TPSA) is 41.1 Å². The van der Waals surface area contributed by atoms with Gasteiger partial charge in [0.1, 0.15) is 0 Å². The van der Waals surface area contributed by atoms with Crippen LogP contribution in [0.3, 0.4) is 0 Å². The standard InChI is InChI=1S/C11H16N2OS/c14-11(5-9-1-3-12-6-9)13-7-10-2-4-15-8-10/h2,4,8-9,12H,1,3,5-7H2,(H,13,14). The highest BCUT2D eigenvalue weighted by Gasteiger charge is 2.17. The summed E-state index contributed by atoms with van der Waals surface area (Å²) in [5.74, 6) is 0.711. The summed E-state index contributed by atoms with van der Waals surface area (Å²) in [5, 5.41) is 10.3. The maximum absolute atomic E-state index is 11.6. The van der Waals surface area contributed by atoms with Crippen LogP contribution in [0.1, 0.15) is 18.4 Å². The van der Waals surface area contributed by atoms with Crippen molar-refractivity contribution in [2.45, 2.75) is 19.4 Å². The minimum Gasteiger partial charge on any atom is -0.352 e. The zero-order valence-electron chi connectivity index (χ0n) is 8.66. The van der Waals surface area contributed by atoms with Crippen molar-refractivity contribution in [1.29, 1.82) is 0 Å². The smallest absolute Gasteiger partial charge is 0.220 e. The minimum atomic E-state index is 0.176. The van der Waals surface area contributed by atoms with Crippen molar-refractivity contribution >= 4 is 17.2 Å². The zero-order chi connectivity index (χ0) is 10.5. The van der Waals surface area contributed by atoms with Crippen molar-refractivity contribution in [3.63, 3.8) is 0 Å². The molecule has 1 aliphatic rings. The molecule has 4 heteroatoms. The van der Waals surface area contributed by atoms with Gasteiger partial charge in [-0.3, -0.25) is 4.79 Å². The van der Waals surface area contributed by atoms with Crippen molar-refractivity contribution in [3.05, 3.63) is 22.4 Å². The Morgan fingerprint density at radius 3 is 3.27 bits per heavy atom. The Bertz CT molecular complexity index is 304. The van der Waals surface area contributed by atoms with Crippen LogP contribution in [0.2, 0.25) is 0 Å². The molecular weight excluding hydrogens is 208 g/mol. The van der Waals surface area contributed by atoms with Crippen molar-refractivity contribution in [2.24, 2.45) is 5.92 Å². The summed E-state index contributed by atoms with van der Waals surface area (Å²) in [7, 11) is 0. The fraction of sp³-hybridized carbons (Fsp3) is 0.545. The van der Waals surface area contributed by atoms with Gasteiger partial charge in [-0.15, -0.1) is 0 Å². The normalized spacial score (nSPS) is 20.4. The van der Waals surface area contributed by atoms with Gasteiger partial charge in [0.05, 0.1) is 0 Å². The number of nitrogens with one attached hydrogen (secondary N) is 2. The molecule has 1 saturated heterocycles. The molecule has 1 amide bonds. The second-order valence-corrected chi connectivity index (χ2v) is 4.75.